The molecule has 8 nitrogen and oxygen atoms in total. The highest BCUT2D eigenvalue weighted by Gasteiger charge is 2.37. The zero-order valence-electron chi connectivity index (χ0n) is 19.2. The summed E-state index contributed by atoms with van der Waals surface area (Å²) in [6, 6.07) is 15.2. The SMILES string of the molecule is COCCN(C(=O)C(CCC(=O)O)NC(=O)OCC1c2ccccc2-c2ccccc21)C1CC1. The minimum atomic E-state index is -1.03. The molecule has 0 saturated heterocycles. The number of hydrogen-bond acceptors (Lipinski definition) is 5. The van der Waals surface area contributed by atoms with Crippen molar-refractivity contribution in [3.05, 3.63) is 59.7 Å². The highest BCUT2D eigenvalue weighted by atomic mass is 16.5. The van der Waals surface area contributed by atoms with Crippen molar-refractivity contribution in [3.8, 4) is 11.1 Å². The maximum atomic E-state index is 13.2. The van der Waals surface area contributed by atoms with E-state index in [9.17, 15) is 14.4 Å². The maximum absolute atomic E-state index is 13.2. The Hall–Kier alpha value is -3.39. The largest absolute Gasteiger partial charge is 0.481 e. The third-order valence-electron chi connectivity index (χ3n) is 6.39. The Morgan fingerprint density at radius 2 is 1.68 bits per heavy atom. The normalized spacial score (nSPS) is 15.2. The minimum absolute atomic E-state index is 0.00539. The summed E-state index contributed by atoms with van der Waals surface area (Å²) in [5, 5.41) is 11.8. The summed E-state index contributed by atoms with van der Waals surface area (Å²) in [5.41, 5.74) is 4.43. The molecule has 180 valence electrons. The van der Waals surface area contributed by atoms with E-state index in [1.807, 2.05) is 36.4 Å². The smallest absolute Gasteiger partial charge is 0.407 e. The summed E-state index contributed by atoms with van der Waals surface area (Å²) in [7, 11) is 1.56. The van der Waals surface area contributed by atoms with Crippen LogP contribution in [0.3, 0.4) is 0 Å². The number of carbonyl (C=O) groups is 3. The Kier molecular flexibility index (Phi) is 7.47. The number of nitrogens with zero attached hydrogens (tertiary/aromatic N) is 1. The molecular weight excluding hydrogens is 436 g/mol. The highest BCUT2D eigenvalue weighted by Crippen LogP contribution is 2.44. The van der Waals surface area contributed by atoms with Gasteiger partial charge in [0.25, 0.3) is 0 Å². The molecule has 4 rings (SSSR count). The van der Waals surface area contributed by atoms with E-state index >= 15 is 0 Å². The van der Waals surface area contributed by atoms with Gasteiger partial charge >= 0.3 is 12.1 Å². The number of benzene rings is 2. The van der Waals surface area contributed by atoms with E-state index < -0.39 is 18.1 Å². The number of fused-ring (bicyclic) bond motifs is 3. The molecule has 0 spiro atoms. The van der Waals surface area contributed by atoms with Crippen LogP contribution in [-0.2, 0) is 19.1 Å². The Labute approximate surface area is 198 Å². The van der Waals surface area contributed by atoms with Crippen molar-refractivity contribution in [2.45, 2.75) is 43.7 Å². The number of carboxylic acids is 1. The van der Waals surface area contributed by atoms with Crippen LogP contribution in [0.5, 0.6) is 0 Å². The molecule has 0 aliphatic heterocycles. The van der Waals surface area contributed by atoms with Crippen molar-refractivity contribution in [1.82, 2.24) is 10.2 Å². The number of carbonyl (C=O) groups excluding carboxylic acids is 2. The molecular formula is C26H30N2O6. The lowest BCUT2D eigenvalue weighted by molar-refractivity contribution is -0.138. The summed E-state index contributed by atoms with van der Waals surface area (Å²) < 4.78 is 10.7. The summed E-state index contributed by atoms with van der Waals surface area (Å²) in [6.07, 6.45) is 0.822. The van der Waals surface area contributed by atoms with E-state index in [4.69, 9.17) is 14.6 Å². The number of hydrogen-bond donors (Lipinski definition) is 2. The number of rotatable bonds is 11. The van der Waals surface area contributed by atoms with Gasteiger partial charge in [-0.1, -0.05) is 48.5 Å². The van der Waals surface area contributed by atoms with Gasteiger partial charge in [0.15, 0.2) is 0 Å². The van der Waals surface area contributed by atoms with Gasteiger partial charge in [0.2, 0.25) is 5.91 Å². The predicted molar refractivity (Wildman–Crippen MR) is 125 cm³/mol. The number of nitrogens with one attached hydrogen (secondary N) is 1. The first-order chi connectivity index (χ1) is 16.5. The second kappa shape index (κ2) is 10.7. The quantitative estimate of drug-likeness (QED) is 0.526. The monoisotopic (exact) mass is 466 g/mol. The van der Waals surface area contributed by atoms with Gasteiger partial charge in [-0.05, 0) is 41.5 Å². The van der Waals surface area contributed by atoms with Crippen molar-refractivity contribution in [2.24, 2.45) is 0 Å². The first kappa shape index (κ1) is 23.8. The summed E-state index contributed by atoms with van der Waals surface area (Å²) in [5.74, 6) is -1.42. The summed E-state index contributed by atoms with van der Waals surface area (Å²) in [6.45, 7) is 0.893. The second-order valence-corrected chi connectivity index (χ2v) is 8.71. The van der Waals surface area contributed by atoms with Crippen LogP contribution in [0, 0.1) is 0 Å². The topological polar surface area (TPSA) is 105 Å². The number of ether oxygens (including phenoxy) is 2. The van der Waals surface area contributed by atoms with Crippen LogP contribution in [0.1, 0.15) is 42.7 Å². The zero-order valence-corrected chi connectivity index (χ0v) is 19.2. The predicted octanol–water partition coefficient (Wildman–Crippen LogP) is 3.40. The fraction of sp³-hybridized carbons (Fsp3) is 0.423. The lowest BCUT2D eigenvalue weighted by Crippen LogP contribution is -2.50. The third-order valence-corrected chi connectivity index (χ3v) is 6.39. The van der Waals surface area contributed by atoms with Gasteiger partial charge < -0.3 is 24.8 Å². The molecule has 0 radical (unpaired) electrons. The molecule has 2 aromatic rings. The van der Waals surface area contributed by atoms with E-state index in [2.05, 4.69) is 17.4 Å². The standard InChI is InChI=1S/C26H30N2O6/c1-33-15-14-28(17-10-11-17)25(31)23(12-13-24(29)30)27-26(32)34-16-22-20-8-4-2-6-18(20)19-7-3-5-9-21(19)22/h2-9,17,22-23H,10-16H2,1H3,(H,27,32)(H,29,30). The van der Waals surface area contributed by atoms with Gasteiger partial charge in [-0.2, -0.15) is 0 Å². The lowest BCUT2D eigenvalue weighted by Gasteiger charge is -2.27. The van der Waals surface area contributed by atoms with Crippen LogP contribution >= 0.6 is 0 Å². The van der Waals surface area contributed by atoms with Crippen LogP contribution in [0.2, 0.25) is 0 Å². The van der Waals surface area contributed by atoms with Crippen LogP contribution < -0.4 is 5.32 Å². The average molecular weight is 467 g/mol. The van der Waals surface area contributed by atoms with E-state index in [0.717, 1.165) is 35.1 Å². The van der Waals surface area contributed by atoms with Gasteiger partial charge in [-0.3, -0.25) is 9.59 Å². The van der Waals surface area contributed by atoms with Crippen molar-refractivity contribution >= 4 is 18.0 Å². The van der Waals surface area contributed by atoms with Crippen molar-refractivity contribution < 1.29 is 29.0 Å². The molecule has 8 heteroatoms. The molecule has 2 aliphatic carbocycles. The molecule has 2 amide bonds. The van der Waals surface area contributed by atoms with Gasteiger partial charge in [0.05, 0.1) is 6.61 Å². The van der Waals surface area contributed by atoms with E-state index in [-0.39, 0.29) is 37.3 Å². The van der Waals surface area contributed by atoms with Crippen molar-refractivity contribution in [2.75, 3.05) is 26.9 Å². The fourth-order valence-electron chi connectivity index (χ4n) is 4.56. The molecule has 2 aliphatic rings. The van der Waals surface area contributed by atoms with Gasteiger partial charge in [0, 0.05) is 32.0 Å². The Morgan fingerprint density at radius 3 is 2.24 bits per heavy atom. The third kappa shape index (κ3) is 5.39. The van der Waals surface area contributed by atoms with E-state index in [1.165, 1.54) is 0 Å². The first-order valence-electron chi connectivity index (χ1n) is 11.6. The fourth-order valence-corrected chi connectivity index (χ4v) is 4.56. The van der Waals surface area contributed by atoms with Crippen LogP contribution in [0.15, 0.2) is 48.5 Å². The molecule has 1 atom stereocenters. The van der Waals surface area contributed by atoms with Gasteiger partial charge in [-0.25, -0.2) is 4.79 Å². The summed E-state index contributed by atoms with van der Waals surface area (Å²) >= 11 is 0. The Balaban J connectivity index is 1.43. The molecule has 2 aromatic carbocycles. The first-order valence-corrected chi connectivity index (χ1v) is 11.6. The molecule has 2 N–H and O–H groups in total. The van der Waals surface area contributed by atoms with Crippen molar-refractivity contribution in [3.63, 3.8) is 0 Å². The molecule has 1 unspecified atom stereocenters. The average Bonchev–Trinajstić information content (AvgIpc) is 3.63. The number of alkyl carbamates (subject to hydrolysis) is 1. The van der Waals surface area contributed by atoms with Crippen LogP contribution in [0.25, 0.3) is 11.1 Å². The minimum Gasteiger partial charge on any atom is -0.481 e. The van der Waals surface area contributed by atoms with E-state index in [0.29, 0.717) is 13.2 Å². The molecule has 1 saturated carbocycles. The molecule has 0 aromatic heterocycles. The summed E-state index contributed by atoms with van der Waals surface area (Å²) in [4.78, 5) is 38.7. The van der Waals surface area contributed by atoms with Crippen LogP contribution in [-0.4, -0.2) is 66.9 Å². The molecule has 1 fully saturated rings. The Morgan fingerprint density at radius 1 is 1.06 bits per heavy atom. The number of aliphatic carboxylic acids is 1. The van der Waals surface area contributed by atoms with Gasteiger partial charge in [-0.15, -0.1) is 0 Å². The highest BCUT2D eigenvalue weighted by molar-refractivity contribution is 5.87. The molecule has 34 heavy (non-hydrogen) atoms. The number of carboxylic acid groups (broad SMARTS) is 1. The number of methoxy groups -OCH3 is 1. The zero-order chi connectivity index (χ0) is 24.1. The Bertz CT molecular complexity index is 1010. The van der Waals surface area contributed by atoms with Crippen LogP contribution in [0.4, 0.5) is 4.79 Å². The number of amides is 2. The van der Waals surface area contributed by atoms with Crippen molar-refractivity contribution in [1.29, 1.82) is 0 Å². The molecule has 0 bridgehead atoms. The maximum Gasteiger partial charge on any atom is 0.407 e. The van der Waals surface area contributed by atoms with E-state index in [1.54, 1.807) is 12.0 Å². The molecule has 0 heterocycles. The lowest BCUT2D eigenvalue weighted by atomic mass is 9.98. The second-order valence-electron chi connectivity index (χ2n) is 8.71. The van der Waals surface area contributed by atoms with Gasteiger partial charge in [0.1, 0.15) is 12.6 Å².